The monoisotopic (exact) mass is 578 g/mol. The van der Waals surface area contributed by atoms with E-state index >= 15 is 0 Å². The van der Waals surface area contributed by atoms with Gasteiger partial charge in [-0.05, 0) is 78.9 Å². The predicted octanol–water partition coefficient (Wildman–Crippen LogP) is 12.2. The van der Waals surface area contributed by atoms with E-state index in [9.17, 15) is 0 Å². The van der Waals surface area contributed by atoms with Crippen LogP contribution in [0.15, 0.2) is 138 Å². The molecule has 0 unspecified atom stereocenters. The Morgan fingerprint density at radius 1 is 0.432 bits per heavy atom. The Bertz CT molecular complexity index is 2550. The molecular weight excluding hydrogens is 553 g/mol. The molecule has 1 aliphatic carbocycles. The molecule has 9 aromatic rings. The number of fused-ring (bicyclic) bond motifs is 10. The van der Waals surface area contributed by atoms with E-state index < -0.39 is 0 Å². The molecule has 2 heteroatoms. The average molecular weight is 579 g/mol. The molecule has 0 atom stereocenters. The molecule has 0 spiro atoms. The summed E-state index contributed by atoms with van der Waals surface area (Å²) in [6.45, 7) is 0. The normalized spacial score (nSPS) is 12.8. The summed E-state index contributed by atoms with van der Waals surface area (Å²) in [5.41, 5.74) is 8.98. The van der Waals surface area contributed by atoms with Gasteiger partial charge in [0.15, 0.2) is 0 Å². The number of benzene rings is 7. The highest BCUT2D eigenvalue weighted by Gasteiger charge is 2.28. The van der Waals surface area contributed by atoms with Crippen molar-refractivity contribution in [3.63, 3.8) is 0 Å². The van der Waals surface area contributed by atoms with Crippen LogP contribution in [-0.4, -0.2) is 0 Å². The zero-order valence-corrected chi connectivity index (χ0v) is 24.7. The van der Waals surface area contributed by atoms with Gasteiger partial charge in [0.1, 0.15) is 11.3 Å². The van der Waals surface area contributed by atoms with Crippen molar-refractivity contribution in [3.8, 4) is 32.9 Å². The van der Waals surface area contributed by atoms with E-state index in [0.29, 0.717) is 0 Å². The molecule has 0 fully saturated rings. The highest BCUT2D eigenvalue weighted by atomic mass is 32.1. The minimum absolute atomic E-state index is 0.990. The van der Waals surface area contributed by atoms with Crippen molar-refractivity contribution in [1.82, 2.24) is 0 Å². The smallest absolute Gasteiger partial charge is 0.148 e. The molecule has 0 saturated carbocycles. The second kappa shape index (κ2) is 9.16. The van der Waals surface area contributed by atoms with Gasteiger partial charge in [-0.15, -0.1) is 11.3 Å². The zero-order chi connectivity index (χ0) is 28.8. The van der Waals surface area contributed by atoms with Gasteiger partial charge in [0.05, 0.1) is 4.88 Å². The van der Waals surface area contributed by atoms with Crippen LogP contribution in [0.4, 0.5) is 0 Å². The minimum atomic E-state index is 0.990. The van der Waals surface area contributed by atoms with E-state index in [0.717, 1.165) is 24.2 Å². The fraction of sp³-hybridized carbons (Fsp3) is 0.0476. The molecular formula is C42H26OS. The van der Waals surface area contributed by atoms with Crippen LogP contribution in [-0.2, 0) is 12.8 Å². The molecule has 1 nitrogen and oxygen atoms in total. The summed E-state index contributed by atoms with van der Waals surface area (Å²) in [4.78, 5) is 1.30. The Morgan fingerprint density at radius 2 is 0.955 bits per heavy atom. The average Bonchev–Trinajstić information content (AvgIpc) is 3.66. The predicted molar refractivity (Wildman–Crippen MR) is 188 cm³/mol. The fourth-order valence-corrected chi connectivity index (χ4v) is 9.11. The van der Waals surface area contributed by atoms with E-state index in [1.807, 2.05) is 11.3 Å². The number of rotatable bonds is 2. The summed E-state index contributed by atoms with van der Waals surface area (Å²) in [6, 6.07) is 48.8. The van der Waals surface area contributed by atoms with Crippen LogP contribution in [0.25, 0.3) is 86.3 Å². The van der Waals surface area contributed by atoms with Crippen molar-refractivity contribution in [2.75, 3.05) is 0 Å². The molecule has 206 valence electrons. The van der Waals surface area contributed by atoms with Crippen LogP contribution in [0.5, 0.6) is 0 Å². The van der Waals surface area contributed by atoms with Gasteiger partial charge < -0.3 is 4.42 Å². The highest BCUT2D eigenvalue weighted by molar-refractivity contribution is 7.23. The van der Waals surface area contributed by atoms with Crippen molar-refractivity contribution in [3.05, 3.63) is 145 Å². The van der Waals surface area contributed by atoms with Gasteiger partial charge in [-0.3, -0.25) is 0 Å². The third-order valence-corrected chi connectivity index (χ3v) is 10.9. The first-order valence-corrected chi connectivity index (χ1v) is 16.1. The molecule has 10 rings (SSSR count). The van der Waals surface area contributed by atoms with Gasteiger partial charge in [0.2, 0.25) is 0 Å². The number of hydrogen-bond donors (Lipinski definition) is 0. The van der Waals surface area contributed by atoms with Gasteiger partial charge in [-0.25, -0.2) is 0 Å². The van der Waals surface area contributed by atoms with E-state index in [-0.39, 0.29) is 0 Å². The Balaban J connectivity index is 1.31. The molecule has 2 heterocycles. The molecule has 0 bridgehead atoms. The maximum Gasteiger partial charge on any atom is 0.148 e. The summed E-state index contributed by atoms with van der Waals surface area (Å²) in [5, 5.41) is 10.3. The van der Waals surface area contributed by atoms with Gasteiger partial charge in [0, 0.05) is 21.2 Å². The standard InChI is InChI=1S/C42H26OS/c1-2-13-26-25(11-1)12-9-19-28(26)38-29-15-3-5-17-31(29)39(32-18-6-4-16-30(32)38)36-21-10-20-34-35-24-23-33-27-14-7-8-22-37(27)43-40(33)42(35)44-41(34)36/h1-22H,23-24H2. The molecule has 0 N–H and O–H groups in total. The van der Waals surface area contributed by atoms with Gasteiger partial charge in [-0.1, -0.05) is 127 Å². The zero-order valence-electron chi connectivity index (χ0n) is 23.9. The van der Waals surface area contributed by atoms with E-state index in [4.69, 9.17) is 4.42 Å². The largest absolute Gasteiger partial charge is 0.455 e. The van der Waals surface area contributed by atoms with E-state index in [1.165, 1.54) is 86.0 Å². The van der Waals surface area contributed by atoms with Crippen LogP contribution in [0.2, 0.25) is 0 Å². The summed E-state index contributed by atoms with van der Waals surface area (Å²) in [7, 11) is 0. The number of furan rings is 1. The van der Waals surface area contributed by atoms with Crippen LogP contribution in [0.3, 0.4) is 0 Å². The lowest BCUT2D eigenvalue weighted by Gasteiger charge is -2.19. The molecule has 0 radical (unpaired) electrons. The SMILES string of the molecule is c1ccc2c(-c3c4ccccc4c(-c4cccc5c6c(sc45)-c4oc5ccccc5c4CC6)c4ccccc34)cccc2c1. The first kappa shape index (κ1) is 24.3. The van der Waals surface area contributed by atoms with E-state index in [1.54, 1.807) is 0 Å². The first-order valence-electron chi connectivity index (χ1n) is 15.3. The molecule has 7 aromatic carbocycles. The maximum atomic E-state index is 6.54. The van der Waals surface area contributed by atoms with Crippen LogP contribution in [0.1, 0.15) is 11.1 Å². The van der Waals surface area contributed by atoms with Crippen molar-refractivity contribution in [2.45, 2.75) is 12.8 Å². The molecule has 2 aromatic heterocycles. The Hall–Kier alpha value is -5.18. The number of hydrogen-bond acceptors (Lipinski definition) is 2. The Labute approximate surface area is 258 Å². The number of para-hydroxylation sites is 1. The van der Waals surface area contributed by atoms with Crippen molar-refractivity contribution in [2.24, 2.45) is 0 Å². The Morgan fingerprint density at radius 3 is 1.70 bits per heavy atom. The van der Waals surface area contributed by atoms with Gasteiger partial charge >= 0.3 is 0 Å². The van der Waals surface area contributed by atoms with E-state index in [2.05, 4.69) is 133 Å². The van der Waals surface area contributed by atoms with Crippen molar-refractivity contribution >= 4 is 64.7 Å². The van der Waals surface area contributed by atoms with Gasteiger partial charge in [-0.2, -0.15) is 0 Å². The second-order valence-corrected chi connectivity index (χ2v) is 12.9. The lowest BCUT2D eigenvalue weighted by molar-refractivity contribution is 0.624. The lowest BCUT2D eigenvalue weighted by Crippen LogP contribution is -1.99. The number of aryl methyl sites for hydroxylation is 2. The fourth-order valence-electron chi connectivity index (χ4n) is 7.73. The molecule has 44 heavy (non-hydrogen) atoms. The van der Waals surface area contributed by atoms with Crippen LogP contribution >= 0.6 is 11.3 Å². The third kappa shape index (κ3) is 3.29. The molecule has 0 saturated heterocycles. The van der Waals surface area contributed by atoms with Crippen LogP contribution < -0.4 is 0 Å². The third-order valence-electron chi connectivity index (χ3n) is 9.61. The first-order chi connectivity index (χ1) is 21.8. The quantitative estimate of drug-likeness (QED) is 0.186. The second-order valence-electron chi connectivity index (χ2n) is 11.9. The minimum Gasteiger partial charge on any atom is -0.455 e. The Kier molecular flexibility index (Phi) is 5.05. The maximum absolute atomic E-state index is 6.54. The molecule has 0 aliphatic heterocycles. The highest BCUT2D eigenvalue weighted by Crippen LogP contribution is 2.52. The summed E-state index contributed by atoms with van der Waals surface area (Å²) < 4.78 is 7.89. The summed E-state index contributed by atoms with van der Waals surface area (Å²) in [6.07, 6.45) is 2.05. The molecule has 0 amide bonds. The van der Waals surface area contributed by atoms with Crippen LogP contribution in [0, 0.1) is 0 Å². The van der Waals surface area contributed by atoms with Gasteiger partial charge in [0.25, 0.3) is 0 Å². The summed E-state index contributed by atoms with van der Waals surface area (Å²) >= 11 is 1.90. The lowest BCUT2D eigenvalue weighted by atomic mass is 9.84. The summed E-state index contributed by atoms with van der Waals surface area (Å²) in [5.74, 6) is 1.07. The number of thiophene rings is 1. The van der Waals surface area contributed by atoms with Crippen molar-refractivity contribution < 1.29 is 4.42 Å². The van der Waals surface area contributed by atoms with Crippen molar-refractivity contribution in [1.29, 1.82) is 0 Å². The topological polar surface area (TPSA) is 13.1 Å². The molecule has 1 aliphatic rings.